The van der Waals surface area contributed by atoms with E-state index in [1.807, 2.05) is 19.9 Å². The zero-order valence-electron chi connectivity index (χ0n) is 11.6. The second-order valence-corrected chi connectivity index (χ2v) is 6.23. The molecule has 6 heteroatoms. The van der Waals surface area contributed by atoms with E-state index in [-0.39, 0.29) is 17.7 Å². The number of carbonyl (C=O) groups excluding carboxylic acids is 2. The third kappa shape index (κ3) is 3.56. The molecule has 108 valence electrons. The Kier molecular flexibility index (Phi) is 4.75. The number of hydrogen-bond donors (Lipinski definition) is 1. The fraction of sp³-hybridized carbons (Fsp3) is 0.500. The molecule has 1 aliphatic rings. The molecule has 1 unspecified atom stereocenters. The zero-order valence-corrected chi connectivity index (χ0v) is 13.2. The Labute approximate surface area is 126 Å². The largest absolute Gasteiger partial charge is 0.344 e. The van der Waals surface area contributed by atoms with Crippen LogP contribution in [0.25, 0.3) is 0 Å². The Morgan fingerprint density at radius 1 is 1.45 bits per heavy atom. The lowest BCUT2D eigenvalue weighted by Crippen LogP contribution is -2.47. The summed E-state index contributed by atoms with van der Waals surface area (Å²) in [4.78, 5) is 30.0. The fourth-order valence-electron chi connectivity index (χ4n) is 2.22. The molecule has 2 heterocycles. The van der Waals surface area contributed by atoms with Crippen molar-refractivity contribution in [1.82, 2.24) is 15.2 Å². The molecule has 2 rings (SSSR count). The van der Waals surface area contributed by atoms with Gasteiger partial charge in [-0.15, -0.1) is 0 Å². The summed E-state index contributed by atoms with van der Waals surface area (Å²) in [7, 11) is 0. The van der Waals surface area contributed by atoms with Gasteiger partial charge in [-0.2, -0.15) is 0 Å². The predicted molar refractivity (Wildman–Crippen MR) is 78.7 cm³/mol. The molecule has 0 radical (unpaired) electrons. The molecule has 5 nitrogen and oxygen atoms in total. The average Bonchev–Trinajstić information content (AvgIpc) is 2.52. The van der Waals surface area contributed by atoms with Crippen LogP contribution in [-0.4, -0.2) is 34.3 Å². The van der Waals surface area contributed by atoms with Crippen LogP contribution >= 0.6 is 15.9 Å². The molecule has 1 fully saturated rings. The van der Waals surface area contributed by atoms with Crippen LogP contribution < -0.4 is 5.32 Å². The van der Waals surface area contributed by atoms with Gasteiger partial charge in [0.2, 0.25) is 11.8 Å². The van der Waals surface area contributed by atoms with Crippen LogP contribution in [0.5, 0.6) is 0 Å². The quantitative estimate of drug-likeness (QED) is 0.911. The summed E-state index contributed by atoms with van der Waals surface area (Å²) < 4.78 is 0.881. The first kappa shape index (κ1) is 15.0. The van der Waals surface area contributed by atoms with Crippen molar-refractivity contribution in [2.75, 3.05) is 6.54 Å². The van der Waals surface area contributed by atoms with Gasteiger partial charge in [-0.3, -0.25) is 14.6 Å². The Balaban J connectivity index is 2.17. The maximum Gasteiger partial charge on any atom is 0.245 e. The SMILES string of the molecule is CC(C)C1NC(=O)CCN(Cc2cncc(Br)c2)C1=O. The highest BCUT2D eigenvalue weighted by molar-refractivity contribution is 9.10. The number of nitrogens with zero attached hydrogens (tertiary/aromatic N) is 2. The molecule has 0 aromatic carbocycles. The summed E-state index contributed by atoms with van der Waals surface area (Å²) >= 11 is 3.37. The first-order chi connectivity index (χ1) is 9.47. The van der Waals surface area contributed by atoms with E-state index >= 15 is 0 Å². The lowest BCUT2D eigenvalue weighted by Gasteiger charge is -2.26. The van der Waals surface area contributed by atoms with Gasteiger partial charge in [-0.1, -0.05) is 13.8 Å². The molecule has 1 N–H and O–H groups in total. The van der Waals surface area contributed by atoms with Crippen LogP contribution in [0.1, 0.15) is 25.8 Å². The van der Waals surface area contributed by atoms with E-state index in [1.54, 1.807) is 17.3 Å². The Morgan fingerprint density at radius 3 is 2.85 bits per heavy atom. The first-order valence-corrected chi connectivity index (χ1v) is 7.44. The molecule has 0 spiro atoms. The minimum Gasteiger partial charge on any atom is -0.344 e. The molecule has 1 aliphatic heterocycles. The summed E-state index contributed by atoms with van der Waals surface area (Å²) in [6.07, 6.45) is 3.79. The molecule has 2 amide bonds. The van der Waals surface area contributed by atoms with Crippen LogP contribution in [0.4, 0.5) is 0 Å². The van der Waals surface area contributed by atoms with E-state index in [0.29, 0.717) is 19.5 Å². The Bertz CT molecular complexity index is 519. The van der Waals surface area contributed by atoms with E-state index in [9.17, 15) is 9.59 Å². The number of rotatable bonds is 3. The van der Waals surface area contributed by atoms with Crippen molar-refractivity contribution >= 4 is 27.7 Å². The van der Waals surface area contributed by atoms with Gasteiger partial charge < -0.3 is 10.2 Å². The van der Waals surface area contributed by atoms with E-state index in [2.05, 4.69) is 26.2 Å². The second-order valence-electron chi connectivity index (χ2n) is 5.31. The van der Waals surface area contributed by atoms with Crippen LogP contribution in [0, 0.1) is 5.92 Å². The van der Waals surface area contributed by atoms with E-state index in [4.69, 9.17) is 0 Å². The number of nitrogens with one attached hydrogen (secondary N) is 1. The molecular weight excluding hydrogens is 322 g/mol. The summed E-state index contributed by atoms with van der Waals surface area (Å²) in [6, 6.07) is 1.50. The van der Waals surface area contributed by atoms with Gasteiger partial charge >= 0.3 is 0 Å². The van der Waals surface area contributed by atoms with Crippen molar-refractivity contribution in [3.63, 3.8) is 0 Å². The molecule has 0 bridgehead atoms. The van der Waals surface area contributed by atoms with Crippen LogP contribution in [0.2, 0.25) is 0 Å². The first-order valence-electron chi connectivity index (χ1n) is 6.65. The van der Waals surface area contributed by atoms with Gasteiger partial charge in [0.1, 0.15) is 6.04 Å². The highest BCUT2D eigenvalue weighted by Crippen LogP contribution is 2.16. The maximum atomic E-state index is 12.5. The number of pyridine rings is 1. The van der Waals surface area contributed by atoms with Gasteiger partial charge in [0.25, 0.3) is 0 Å². The van der Waals surface area contributed by atoms with Crippen molar-refractivity contribution in [2.24, 2.45) is 5.92 Å². The molecule has 1 atom stereocenters. The van der Waals surface area contributed by atoms with Gasteiger partial charge in [-0.05, 0) is 33.5 Å². The van der Waals surface area contributed by atoms with Crippen LogP contribution in [-0.2, 0) is 16.1 Å². The molecule has 20 heavy (non-hydrogen) atoms. The number of amides is 2. The normalized spacial score (nSPS) is 20.0. The van der Waals surface area contributed by atoms with Crippen LogP contribution in [0.3, 0.4) is 0 Å². The molecule has 0 aliphatic carbocycles. The smallest absolute Gasteiger partial charge is 0.245 e. The van der Waals surface area contributed by atoms with Gasteiger partial charge in [0, 0.05) is 36.4 Å². The van der Waals surface area contributed by atoms with Crippen molar-refractivity contribution in [3.05, 3.63) is 28.5 Å². The average molecular weight is 340 g/mol. The van der Waals surface area contributed by atoms with Gasteiger partial charge in [0.05, 0.1) is 0 Å². The van der Waals surface area contributed by atoms with Crippen molar-refractivity contribution in [3.8, 4) is 0 Å². The Morgan fingerprint density at radius 2 is 2.20 bits per heavy atom. The van der Waals surface area contributed by atoms with Crippen molar-refractivity contribution in [1.29, 1.82) is 0 Å². The summed E-state index contributed by atoms with van der Waals surface area (Å²) in [5.41, 5.74) is 0.949. The molecular formula is C14H18BrN3O2. The van der Waals surface area contributed by atoms with E-state index in [0.717, 1.165) is 10.0 Å². The number of halogens is 1. The molecule has 1 aromatic rings. The molecule has 0 saturated carbocycles. The van der Waals surface area contributed by atoms with Crippen LogP contribution in [0.15, 0.2) is 22.9 Å². The van der Waals surface area contributed by atoms with Crippen molar-refractivity contribution < 1.29 is 9.59 Å². The minimum atomic E-state index is -0.440. The lowest BCUT2D eigenvalue weighted by atomic mass is 10.0. The number of carbonyl (C=O) groups is 2. The molecule has 1 aromatic heterocycles. The zero-order chi connectivity index (χ0) is 14.7. The second kappa shape index (κ2) is 6.35. The summed E-state index contributed by atoms with van der Waals surface area (Å²) in [6.45, 7) is 4.80. The third-order valence-corrected chi connectivity index (χ3v) is 3.74. The monoisotopic (exact) mass is 339 g/mol. The third-order valence-electron chi connectivity index (χ3n) is 3.30. The van der Waals surface area contributed by atoms with Crippen molar-refractivity contribution in [2.45, 2.75) is 32.9 Å². The number of aromatic nitrogens is 1. The van der Waals surface area contributed by atoms with E-state index in [1.165, 1.54) is 0 Å². The predicted octanol–water partition coefficient (Wildman–Crippen LogP) is 1.72. The summed E-state index contributed by atoms with van der Waals surface area (Å²) in [5.74, 6) is -0.00886. The summed E-state index contributed by atoms with van der Waals surface area (Å²) in [5, 5.41) is 2.80. The lowest BCUT2D eigenvalue weighted by molar-refractivity contribution is -0.135. The number of hydrogen-bond acceptors (Lipinski definition) is 3. The Hall–Kier alpha value is -1.43. The maximum absolute atomic E-state index is 12.5. The highest BCUT2D eigenvalue weighted by Gasteiger charge is 2.31. The van der Waals surface area contributed by atoms with E-state index < -0.39 is 6.04 Å². The van der Waals surface area contributed by atoms with Gasteiger partial charge in [0.15, 0.2) is 0 Å². The fourth-order valence-corrected chi connectivity index (χ4v) is 2.63. The highest BCUT2D eigenvalue weighted by atomic mass is 79.9. The minimum absolute atomic E-state index is 0.0224. The van der Waals surface area contributed by atoms with Gasteiger partial charge in [-0.25, -0.2) is 0 Å². The molecule has 1 saturated heterocycles. The topological polar surface area (TPSA) is 62.3 Å². The standard InChI is InChI=1S/C14H18BrN3O2/c1-9(2)13-14(20)18(4-3-12(19)17-13)8-10-5-11(15)7-16-6-10/h5-7,9,13H,3-4,8H2,1-2H3,(H,17,19).